The van der Waals surface area contributed by atoms with Crippen molar-refractivity contribution in [3.05, 3.63) is 75.7 Å². The number of likely N-dealkylation sites (N-methyl/N-ethyl adjacent to an activating group) is 1. The summed E-state index contributed by atoms with van der Waals surface area (Å²) in [7, 11) is 1.56. The van der Waals surface area contributed by atoms with E-state index in [2.05, 4.69) is 21.2 Å². The zero-order chi connectivity index (χ0) is 22.4. The van der Waals surface area contributed by atoms with Gasteiger partial charge in [-0.25, -0.2) is 0 Å². The van der Waals surface area contributed by atoms with E-state index >= 15 is 0 Å². The molecule has 0 aromatic heterocycles. The summed E-state index contributed by atoms with van der Waals surface area (Å²) >= 11 is 9.89. The van der Waals surface area contributed by atoms with E-state index in [0.717, 1.165) is 20.8 Å². The van der Waals surface area contributed by atoms with E-state index < -0.39 is 6.04 Å². The number of amides is 2. The van der Waals surface area contributed by atoms with Crippen LogP contribution in [0.4, 0.5) is 0 Å². The molecule has 1 atom stereocenters. The van der Waals surface area contributed by atoms with Gasteiger partial charge < -0.3 is 15.0 Å². The molecular formula is C24H24BrClN2O3. The molecular weight excluding hydrogens is 480 g/mol. The van der Waals surface area contributed by atoms with Gasteiger partial charge in [-0.1, -0.05) is 67.1 Å². The molecule has 0 saturated carbocycles. The Balaban J connectivity index is 1.83. The number of carbonyl (C=O) groups is 2. The van der Waals surface area contributed by atoms with Crippen LogP contribution >= 0.6 is 27.5 Å². The summed E-state index contributed by atoms with van der Waals surface area (Å²) in [4.78, 5) is 27.2. The van der Waals surface area contributed by atoms with Crippen molar-refractivity contribution in [2.45, 2.75) is 25.9 Å². The second kappa shape index (κ2) is 10.6. The number of ether oxygens (including phenoxy) is 1. The first-order valence-corrected chi connectivity index (χ1v) is 11.2. The number of hydrogen-bond acceptors (Lipinski definition) is 3. The first-order valence-electron chi connectivity index (χ1n) is 10.0. The number of rotatable bonds is 8. The standard InChI is InChI=1S/C24H24BrClN2O3/c1-3-20(24(30)27-2)28(14-17-9-5-7-11-19(17)26)22(29)15-31-21-13-12-16-8-4-6-10-18(16)23(21)25/h4-13,20H,3,14-15H2,1-2H3,(H,27,30)/t20-/m0/s1. The van der Waals surface area contributed by atoms with E-state index in [1.807, 2.05) is 61.5 Å². The number of carbonyl (C=O) groups excluding carboxylic acids is 2. The zero-order valence-corrected chi connectivity index (χ0v) is 19.7. The molecule has 31 heavy (non-hydrogen) atoms. The molecule has 0 radical (unpaired) electrons. The highest BCUT2D eigenvalue weighted by Gasteiger charge is 2.29. The Kier molecular flexibility index (Phi) is 7.93. The molecule has 0 aliphatic carbocycles. The number of hydrogen-bond donors (Lipinski definition) is 1. The van der Waals surface area contributed by atoms with E-state index in [0.29, 0.717) is 17.2 Å². The van der Waals surface area contributed by atoms with Gasteiger partial charge in [0.05, 0.1) is 4.47 Å². The minimum absolute atomic E-state index is 0.200. The molecule has 0 fully saturated rings. The van der Waals surface area contributed by atoms with Gasteiger partial charge in [0.1, 0.15) is 11.8 Å². The fraction of sp³-hybridized carbons (Fsp3) is 0.250. The van der Waals surface area contributed by atoms with Crippen LogP contribution in [-0.4, -0.2) is 36.4 Å². The van der Waals surface area contributed by atoms with E-state index in [9.17, 15) is 9.59 Å². The van der Waals surface area contributed by atoms with Gasteiger partial charge in [-0.05, 0) is 50.8 Å². The largest absolute Gasteiger partial charge is 0.483 e. The normalized spacial score (nSPS) is 11.7. The third kappa shape index (κ3) is 5.38. The van der Waals surface area contributed by atoms with Crippen LogP contribution in [0.2, 0.25) is 5.02 Å². The summed E-state index contributed by atoms with van der Waals surface area (Å²) in [5.41, 5.74) is 0.770. The van der Waals surface area contributed by atoms with E-state index in [-0.39, 0.29) is 25.0 Å². The van der Waals surface area contributed by atoms with Crippen molar-refractivity contribution in [1.29, 1.82) is 0 Å². The molecule has 2 amide bonds. The Morgan fingerprint density at radius 2 is 1.81 bits per heavy atom. The van der Waals surface area contributed by atoms with Crippen LogP contribution in [0.15, 0.2) is 65.1 Å². The molecule has 3 aromatic carbocycles. The first-order chi connectivity index (χ1) is 15.0. The minimum atomic E-state index is -0.627. The molecule has 7 heteroatoms. The summed E-state index contributed by atoms with van der Waals surface area (Å²) in [6, 6.07) is 18.3. The summed E-state index contributed by atoms with van der Waals surface area (Å²) in [6.45, 7) is 1.88. The van der Waals surface area contributed by atoms with E-state index in [4.69, 9.17) is 16.3 Å². The van der Waals surface area contributed by atoms with Crippen LogP contribution in [0.5, 0.6) is 5.75 Å². The van der Waals surface area contributed by atoms with Gasteiger partial charge in [0, 0.05) is 18.6 Å². The van der Waals surface area contributed by atoms with Gasteiger partial charge >= 0.3 is 0 Å². The minimum Gasteiger partial charge on any atom is -0.483 e. The fourth-order valence-corrected chi connectivity index (χ4v) is 4.25. The number of benzene rings is 3. The quantitative estimate of drug-likeness (QED) is 0.460. The Morgan fingerprint density at radius 3 is 2.52 bits per heavy atom. The number of nitrogens with zero attached hydrogens (tertiary/aromatic N) is 1. The van der Waals surface area contributed by atoms with Crippen LogP contribution in [0.3, 0.4) is 0 Å². The zero-order valence-electron chi connectivity index (χ0n) is 17.4. The van der Waals surface area contributed by atoms with Gasteiger partial charge in [-0.2, -0.15) is 0 Å². The monoisotopic (exact) mass is 502 g/mol. The van der Waals surface area contributed by atoms with Crippen LogP contribution in [0, 0.1) is 0 Å². The second-order valence-electron chi connectivity index (χ2n) is 7.04. The van der Waals surface area contributed by atoms with Crippen LogP contribution in [-0.2, 0) is 16.1 Å². The molecule has 0 heterocycles. The number of nitrogens with one attached hydrogen (secondary N) is 1. The lowest BCUT2D eigenvalue weighted by Gasteiger charge is -2.30. The fourth-order valence-electron chi connectivity index (χ4n) is 3.44. The number of halogens is 2. The van der Waals surface area contributed by atoms with Crippen LogP contribution in [0.25, 0.3) is 10.8 Å². The van der Waals surface area contributed by atoms with Crippen molar-refractivity contribution in [1.82, 2.24) is 10.2 Å². The summed E-state index contributed by atoms with van der Waals surface area (Å²) in [5.74, 6) is 0.0444. The van der Waals surface area contributed by atoms with E-state index in [1.165, 1.54) is 4.90 Å². The Bertz CT molecular complexity index is 1090. The van der Waals surface area contributed by atoms with Crippen molar-refractivity contribution in [3.8, 4) is 5.75 Å². The van der Waals surface area contributed by atoms with Crippen LogP contribution in [0.1, 0.15) is 18.9 Å². The molecule has 0 unspecified atom stereocenters. The Labute approximate surface area is 195 Å². The first kappa shape index (κ1) is 23.1. The summed E-state index contributed by atoms with van der Waals surface area (Å²) < 4.78 is 6.65. The highest BCUT2D eigenvalue weighted by Crippen LogP contribution is 2.33. The third-order valence-electron chi connectivity index (χ3n) is 5.11. The SMILES string of the molecule is CC[C@@H](C(=O)NC)N(Cc1ccccc1Cl)C(=O)COc1ccc2ccccc2c1Br. The maximum absolute atomic E-state index is 13.2. The highest BCUT2D eigenvalue weighted by molar-refractivity contribution is 9.10. The predicted molar refractivity (Wildman–Crippen MR) is 127 cm³/mol. The second-order valence-corrected chi connectivity index (χ2v) is 8.24. The molecule has 162 valence electrons. The highest BCUT2D eigenvalue weighted by atomic mass is 79.9. The molecule has 0 bridgehead atoms. The van der Waals surface area contributed by atoms with Gasteiger partial charge in [-0.3, -0.25) is 9.59 Å². The molecule has 0 saturated heterocycles. The molecule has 0 spiro atoms. The molecule has 1 N–H and O–H groups in total. The van der Waals surface area contributed by atoms with Crippen LogP contribution < -0.4 is 10.1 Å². The molecule has 3 rings (SSSR count). The van der Waals surface area contributed by atoms with Gasteiger partial charge in [0.15, 0.2) is 6.61 Å². The third-order valence-corrected chi connectivity index (χ3v) is 6.30. The summed E-state index contributed by atoms with van der Waals surface area (Å²) in [5, 5.41) is 5.25. The number of fused-ring (bicyclic) bond motifs is 1. The lowest BCUT2D eigenvalue weighted by molar-refractivity contribution is -0.142. The van der Waals surface area contributed by atoms with Crippen molar-refractivity contribution in [2.24, 2.45) is 0 Å². The average Bonchev–Trinajstić information content (AvgIpc) is 2.79. The maximum atomic E-state index is 13.2. The smallest absolute Gasteiger partial charge is 0.261 e. The van der Waals surface area contributed by atoms with E-state index in [1.54, 1.807) is 13.1 Å². The molecule has 0 aliphatic rings. The predicted octanol–water partition coefficient (Wildman–Crippen LogP) is 5.19. The van der Waals surface area contributed by atoms with Crippen molar-refractivity contribution in [3.63, 3.8) is 0 Å². The van der Waals surface area contributed by atoms with Crippen molar-refractivity contribution in [2.75, 3.05) is 13.7 Å². The molecule has 3 aromatic rings. The maximum Gasteiger partial charge on any atom is 0.261 e. The van der Waals surface area contributed by atoms with Gasteiger partial charge in [0.25, 0.3) is 5.91 Å². The Hall–Kier alpha value is -2.57. The van der Waals surface area contributed by atoms with Crippen molar-refractivity contribution >= 4 is 50.1 Å². The average molecular weight is 504 g/mol. The van der Waals surface area contributed by atoms with Gasteiger partial charge in [-0.15, -0.1) is 0 Å². The lowest BCUT2D eigenvalue weighted by Crippen LogP contribution is -2.49. The molecule has 5 nitrogen and oxygen atoms in total. The molecule has 0 aliphatic heterocycles. The van der Waals surface area contributed by atoms with Crippen molar-refractivity contribution < 1.29 is 14.3 Å². The van der Waals surface area contributed by atoms with Gasteiger partial charge in [0.2, 0.25) is 5.91 Å². The summed E-state index contributed by atoms with van der Waals surface area (Å²) in [6.07, 6.45) is 0.468. The Morgan fingerprint density at radius 1 is 1.10 bits per heavy atom. The topological polar surface area (TPSA) is 58.6 Å². The lowest BCUT2D eigenvalue weighted by atomic mass is 10.1.